The lowest BCUT2D eigenvalue weighted by Crippen LogP contribution is -2.12. The van der Waals surface area contributed by atoms with Crippen LogP contribution in [0.2, 0.25) is 0 Å². The quantitative estimate of drug-likeness (QED) is 0.332. The first-order chi connectivity index (χ1) is 14.6. The van der Waals surface area contributed by atoms with Gasteiger partial charge in [-0.05, 0) is 39.8 Å². The minimum atomic E-state index is -0.285. The molecule has 3 nitrogen and oxygen atoms in total. The molecule has 0 aliphatic rings. The summed E-state index contributed by atoms with van der Waals surface area (Å²) in [6, 6.07) is 24.2. The standard InChI is InChI=1S/C27H26O3/c1-4-18(2)17-30-27(28)23-14-8-11-20-10-7-13-22(25(20)23)26-21-12-6-5-9-19(21)15-16-24(26)29-3/h5-16,18H,4,17H2,1-3H3/t18-/m0/s1. The molecule has 3 heteroatoms. The molecular formula is C27H26O3. The van der Waals surface area contributed by atoms with E-state index in [1.165, 1.54) is 0 Å². The fraction of sp³-hybridized carbons (Fsp3) is 0.222. The Morgan fingerprint density at radius 2 is 1.63 bits per heavy atom. The van der Waals surface area contributed by atoms with Crippen molar-refractivity contribution in [3.05, 3.63) is 78.4 Å². The van der Waals surface area contributed by atoms with Crippen LogP contribution < -0.4 is 4.74 Å². The Hall–Kier alpha value is -3.33. The Bertz CT molecular complexity index is 1200. The van der Waals surface area contributed by atoms with Crippen molar-refractivity contribution in [3.8, 4) is 16.9 Å². The van der Waals surface area contributed by atoms with E-state index < -0.39 is 0 Å². The second-order valence-electron chi connectivity index (χ2n) is 7.69. The summed E-state index contributed by atoms with van der Waals surface area (Å²) >= 11 is 0. The lowest BCUT2D eigenvalue weighted by molar-refractivity contribution is 0.0449. The van der Waals surface area contributed by atoms with E-state index in [-0.39, 0.29) is 5.97 Å². The number of carbonyl (C=O) groups excluding carboxylic acids is 1. The monoisotopic (exact) mass is 398 g/mol. The molecule has 0 saturated carbocycles. The lowest BCUT2D eigenvalue weighted by Gasteiger charge is -2.17. The number of ether oxygens (including phenoxy) is 2. The van der Waals surface area contributed by atoms with Crippen LogP contribution in [0.3, 0.4) is 0 Å². The fourth-order valence-corrected chi connectivity index (χ4v) is 3.83. The Kier molecular flexibility index (Phi) is 5.71. The average Bonchev–Trinajstić information content (AvgIpc) is 2.80. The van der Waals surface area contributed by atoms with E-state index in [0.29, 0.717) is 18.1 Å². The zero-order valence-electron chi connectivity index (χ0n) is 17.6. The highest BCUT2D eigenvalue weighted by Crippen LogP contribution is 2.41. The first-order valence-corrected chi connectivity index (χ1v) is 10.4. The normalized spacial score (nSPS) is 12.1. The largest absolute Gasteiger partial charge is 0.496 e. The van der Waals surface area contributed by atoms with Gasteiger partial charge in [-0.3, -0.25) is 0 Å². The van der Waals surface area contributed by atoms with Crippen LogP contribution >= 0.6 is 0 Å². The second-order valence-corrected chi connectivity index (χ2v) is 7.69. The van der Waals surface area contributed by atoms with Gasteiger partial charge in [0.2, 0.25) is 0 Å². The number of benzene rings is 4. The molecule has 4 rings (SSSR count). The molecule has 4 aromatic rings. The summed E-state index contributed by atoms with van der Waals surface area (Å²) in [6.45, 7) is 4.61. The van der Waals surface area contributed by atoms with E-state index in [9.17, 15) is 4.79 Å². The molecule has 4 aromatic carbocycles. The molecule has 0 saturated heterocycles. The van der Waals surface area contributed by atoms with Gasteiger partial charge in [-0.2, -0.15) is 0 Å². The molecule has 30 heavy (non-hydrogen) atoms. The summed E-state index contributed by atoms with van der Waals surface area (Å²) in [6.07, 6.45) is 0.973. The summed E-state index contributed by atoms with van der Waals surface area (Å²) < 4.78 is 11.4. The maximum absolute atomic E-state index is 13.0. The van der Waals surface area contributed by atoms with Gasteiger partial charge in [0.1, 0.15) is 5.75 Å². The van der Waals surface area contributed by atoms with Crippen LogP contribution in [0.5, 0.6) is 5.75 Å². The van der Waals surface area contributed by atoms with Crippen molar-refractivity contribution in [3.63, 3.8) is 0 Å². The van der Waals surface area contributed by atoms with Crippen LogP contribution in [-0.4, -0.2) is 19.7 Å². The number of methoxy groups -OCH3 is 1. The maximum Gasteiger partial charge on any atom is 0.338 e. The molecule has 0 heterocycles. The lowest BCUT2D eigenvalue weighted by atomic mass is 9.91. The van der Waals surface area contributed by atoms with Gasteiger partial charge in [-0.15, -0.1) is 0 Å². The summed E-state index contributed by atoms with van der Waals surface area (Å²) in [5.74, 6) is 0.832. The zero-order chi connectivity index (χ0) is 21.1. The van der Waals surface area contributed by atoms with Crippen LogP contribution in [0.4, 0.5) is 0 Å². The molecule has 0 radical (unpaired) electrons. The van der Waals surface area contributed by atoms with Crippen molar-refractivity contribution in [2.75, 3.05) is 13.7 Å². The molecule has 0 aromatic heterocycles. The van der Waals surface area contributed by atoms with Gasteiger partial charge in [0.25, 0.3) is 0 Å². The van der Waals surface area contributed by atoms with Crippen molar-refractivity contribution >= 4 is 27.5 Å². The van der Waals surface area contributed by atoms with Crippen LogP contribution in [0.25, 0.3) is 32.7 Å². The Morgan fingerprint density at radius 3 is 2.40 bits per heavy atom. The number of hydrogen-bond donors (Lipinski definition) is 0. The molecule has 0 spiro atoms. The van der Waals surface area contributed by atoms with E-state index in [1.807, 2.05) is 48.5 Å². The molecule has 0 fully saturated rings. The van der Waals surface area contributed by atoms with Gasteiger partial charge >= 0.3 is 5.97 Å². The molecular weight excluding hydrogens is 372 g/mol. The maximum atomic E-state index is 13.0. The van der Waals surface area contributed by atoms with Gasteiger partial charge in [0.05, 0.1) is 19.3 Å². The summed E-state index contributed by atoms with van der Waals surface area (Å²) in [5, 5.41) is 4.11. The van der Waals surface area contributed by atoms with Gasteiger partial charge in [0.15, 0.2) is 0 Å². The van der Waals surface area contributed by atoms with Crippen molar-refractivity contribution in [2.45, 2.75) is 20.3 Å². The second kappa shape index (κ2) is 8.58. The third kappa shape index (κ3) is 3.63. The number of carbonyl (C=O) groups is 1. The predicted molar refractivity (Wildman–Crippen MR) is 123 cm³/mol. The molecule has 0 bridgehead atoms. The van der Waals surface area contributed by atoms with E-state index in [1.54, 1.807) is 7.11 Å². The van der Waals surface area contributed by atoms with Gasteiger partial charge in [-0.1, -0.05) is 80.9 Å². The molecule has 0 aliphatic carbocycles. The Morgan fingerprint density at radius 1 is 0.900 bits per heavy atom. The molecule has 152 valence electrons. The topological polar surface area (TPSA) is 35.5 Å². The fourth-order valence-electron chi connectivity index (χ4n) is 3.83. The average molecular weight is 399 g/mol. The van der Waals surface area contributed by atoms with E-state index in [4.69, 9.17) is 9.47 Å². The SMILES string of the molecule is CC[C@H](C)COC(=O)c1cccc2cccc(-c3c(OC)ccc4ccccc34)c12. The number of rotatable bonds is 6. The Labute approximate surface area is 177 Å². The molecule has 0 amide bonds. The summed E-state index contributed by atoms with van der Waals surface area (Å²) in [5.41, 5.74) is 2.54. The van der Waals surface area contributed by atoms with Gasteiger partial charge in [0, 0.05) is 10.9 Å². The van der Waals surface area contributed by atoms with Gasteiger partial charge in [-0.25, -0.2) is 4.79 Å². The molecule has 0 N–H and O–H groups in total. The summed E-state index contributed by atoms with van der Waals surface area (Å²) in [4.78, 5) is 13.0. The predicted octanol–water partition coefficient (Wildman–Crippen LogP) is 6.87. The molecule has 0 unspecified atom stereocenters. The van der Waals surface area contributed by atoms with Crippen LogP contribution in [0.15, 0.2) is 72.8 Å². The minimum Gasteiger partial charge on any atom is -0.496 e. The van der Waals surface area contributed by atoms with Crippen molar-refractivity contribution in [1.82, 2.24) is 0 Å². The Balaban J connectivity index is 1.96. The van der Waals surface area contributed by atoms with Crippen LogP contribution in [0, 0.1) is 5.92 Å². The minimum absolute atomic E-state index is 0.285. The van der Waals surface area contributed by atoms with Gasteiger partial charge < -0.3 is 9.47 Å². The highest BCUT2D eigenvalue weighted by molar-refractivity contribution is 6.14. The molecule has 1 atom stereocenters. The van der Waals surface area contributed by atoms with Crippen LogP contribution in [-0.2, 0) is 4.74 Å². The van der Waals surface area contributed by atoms with E-state index >= 15 is 0 Å². The van der Waals surface area contributed by atoms with Crippen molar-refractivity contribution < 1.29 is 14.3 Å². The van der Waals surface area contributed by atoms with E-state index in [2.05, 4.69) is 38.1 Å². The van der Waals surface area contributed by atoms with Crippen molar-refractivity contribution in [2.24, 2.45) is 5.92 Å². The third-order valence-corrected chi connectivity index (χ3v) is 5.70. The number of hydrogen-bond acceptors (Lipinski definition) is 3. The number of fused-ring (bicyclic) bond motifs is 2. The molecule has 0 aliphatic heterocycles. The first kappa shape index (κ1) is 20.0. The van der Waals surface area contributed by atoms with E-state index in [0.717, 1.165) is 44.8 Å². The highest BCUT2D eigenvalue weighted by Gasteiger charge is 2.19. The van der Waals surface area contributed by atoms with Crippen molar-refractivity contribution in [1.29, 1.82) is 0 Å². The third-order valence-electron chi connectivity index (χ3n) is 5.70. The summed E-state index contributed by atoms with van der Waals surface area (Å²) in [7, 11) is 1.68. The smallest absolute Gasteiger partial charge is 0.338 e. The number of esters is 1. The zero-order valence-corrected chi connectivity index (χ0v) is 17.6. The first-order valence-electron chi connectivity index (χ1n) is 10.4. The van der Waals surface area contributed by atoms with Crippen LogP contribution in [0.1, 0.15) is 30.6 Å². The highest BCUT2D eigenvalue weighted by atomic mass is 16.5.